The Balaban J connectivity index is 1.87. The van der Waals surface area contributed by atoms with Gasteiger partial charge in [-0.1, -0.05) is 19.9 Å². The molecule has 114 valence electrons. The Morgan fingerprint density at radius 1 is 1.38 bits per heavy atom. The lowest BCUT2D eigenvalue weighted by Gasteiger charge is -2.09. The van der Waals surface area contributed by atoms with Crippen molar-refractivity contribution in [1.82, 2.24) is 9.36 Å². The van der Waals surface area contributed by atoms with E-state index in [0.717, 1.165) is 35.7 Å². The second-order valence-electron chi connectivity index (χ2n) is 5.24. The second kappa shape index (κ2) is 7.95. The molecule has 0 spiro atoms. The fourth-order valence-corrected chi connectivity index (χ4v) is 2.63. The smallest absolute Gasteiger partial charge is 0.147 e. The summed E-state index contributed by atoms with van der Waals surface area (Å²) in [5.41, 5.74) is 7.86. The summed E-state index contributed by atoms with van der Waals surface area (Å²) in [6.07, 6.45) is 4.63. The molecule has 3 N–H and O–H groups in total. The van der Waals surface area contributed by atoms with Crippen molar-refractivity contribution in [2.24, 2.45) is 5.92 Å². The number of pyridine rings is 1. The number of nitrogens with two attached hydrogens (primary N) is 1. The van der Waals surface area contributed by atoms with Crippen LogP contribution in [0.5, 0.6) is 0 Å². The summed E-state index contributed by atoms with van der Waals surface area (Å²) in [5.74, 6) is 1.22. The van der Waals surface area contributed by atoms with Gasteiger partial charge in [0.25, 0.3) is 0 Å². The van der Waals surface area contributed by atoms with Gasteiger partial charge in [-0.3, -0.25) is 4.98 Å². The summed E-state index contributed by atoms with van der Waals surface area (Å²) < 4.78 is 9.82. The number of nitrogens with zero attached hydrogens (tertiary/aromatic N) is 2. The van der Waals surface area contributed by atoms with Gasteiger partial charge < -0.3 is 15.8 Å². The van der Waals surface area contributed by atoms with E-state index in [1.807, 2.05) is 12.1 Å². The number of ether oxygens (including phenoxy) is 1. The predicted octanol–water partition coefficient (Wildman–Crippen LogP) is 3.26. The molecule has 2 heterocycles. The molecule has 2 aromatic rings. The third-order valence-electron chi connectivity index (χ3n) is 3.04. The molecule has 6 heteroatoms. The minimum absolute atomic E-state index is 0.538. The Hall–Kier alpha value is -1.66. The van der Waals surface area contributed by atoms with Crippen molar-refractivity contribution in [2.75, 3.05) is 30.8 Å². The normalized spacial score (nSPS) is 11.0. The number of anilines is 2. The summed E-state index contributed by atoms with van der Waals surface area (Å²) in [7, 11) is 0. The molecule has 0 unspecified atom stereocenters. The monoisotopic (exact) mass is 306 g/mol. The molecular formula is C15H22N4OS. The van der Waals surface area contributed by atoms with Gasteiger partial charge in [-0.2, -0.15) is 4.37 Å². The molecule has 0 atom stereocenters. The van der Waals surface area contributed by atoms with Crippen LogP contribution in [0.15, 0.2) is 24.5 Å². The van der Waals surface area contributed by atoms with Crippen LogP contribution in [0.25, 0.3) is 11.1 Å². The zero-order valence-corrected chi connectivity index (χ0v) is 13.3. The van der Waals surface area contributed by atoms with E-state index in [0.29, 0.717) is 18.3 Å². The molecule has 0 radical (unpaired) electrons. The SMILES string of the molecule is CC(C)CCOCCNc1snc(N)c1-c1cccnc1. The standard InChI is InChI=1S/C15H22N4OS/c1-11(2)5-8-20-9-7-18-15-13(14(16)19-21-15)12-4-3-6-17-10-12/h3-4,6,10-11,18H,5,7-9H2,1-2H3,(H2,16,19). The van der Waals surface area contributed by atoms with Crippen LogP contribution in [-0.4, -0.2) is 29.1 Å². The van der Waals surface area contributed by atoms with Crippen LogP contribution >= 0.6 is 11.5 Å². The molecule has 0 saturated carbocycles. The van der Waals surface area contributed by atoms with Crippen molar-refractivity contribution in [3.63, 3.8) is 0 Å². The van der Waals surface area contributed by atoms with Crippen LogP contribution in [0, 0.1) is 5.92 Å². The maximum atomic E-state index is 5.96. The molecule has 0 saturated heterocycles. The molecule has 0 fully saturated rings. The first-order chi connectivity index (χ1) is 10.2. The lowest BCUT2D eigenvalue weighted by molar-refractivity contribution is 0.133. The fraction of sp³-hybridized carbons (Fsp3) is 0.467. The number of nitrogen functional groups attached to an aromatic ring is 1. The van der Waals surface area contributed by atoms with Gasteiger partial charge in [0.1, 0.15) is 10.8 Å². The molecule has 0 aliphatic carbocycles. The zero-order valence-electron chi connectivity index (χ0n) is 12.5. The topological polar surface area (TPSA) is 73.1 Å². The quantitative estimate of drug-likeness (QED) is 0.732. The average Bonchev–Trinajstić information content (AvgIpc) is 2.84. The molecule has 0 aliphatic rings. The van der Waals surface area contributed by atoms with Crippen LogP contribution in [0.1, 0.15) is 20.3 Å². The third-order valence-corrected chi connectivity index (χ3v) is 3.86. The van der Waals surface area contributed by atoms with Crippen molar-refractivity contribution in [1.29, 1.82) is 0 Å². The van der Waals surface area contributed by atoms with Crippen molar-refractivity contribution < 1.29 is 4.74 Å². The van der Waals surface area contributed by atoms with E-state index in [-0.39, 0.29) is 0 Å². The Labute approximate surface area is 129 Å². The van der Waals surface area contributed by atoms with E-state index >= 15 is 0 Å². The van der Waals surface area contributed by atoms with Gasteiger partial charge in [0.05, 0.1) is 12.2 Å². The van der Waals surface area contributed by atoms with E-state index in [2.05, 4.69) is 28.5 Å². The largest absolute Gasteiger partial charge is 0.382 e. The molecule has 0 aromatic carbocycles. The summed E-state index contributed by atoms with van der Waals surface area (Å²) >= 11 is 1.37. The van der Waals surface area contributed by atoms with Crippen LogP contribution in [-0.2, 0) is 4.74 Å². The van der Waals surface area contributed by atoms with Crippen LogP contribution < -0.4 is 11.1 Å². The first kappa shape index (κ1) is 15.7. The van der Waals surface area contributed by atoms with Gasteiger partial charge in [-0.25, -0.2) is 0 Å². The Morgan fingerprint density at radius 3 is 2.95 bits per heavy atom. The summed E-state index contributed by atoms with van der Waals surface area (Å²) in [6, 6.07) is 3.88. The molecular weight excluding hydrogens is 284 g/mol. The van der Waals surface area contributed by atoms with E-state index < -0.39 is 0 Å². The van der Waals surface area contributed by atoms with Crippen molar-refractivity contribution in [3.8, 4) is 11.1 Å². The van der Waals surface area contributed by atoms with Gasteiger partial charge in [0.15, 0.2) is 0 Å². The zero-order chi connectivity index (χ0) is 15.1. The number of aromatic nitrogens is 2. The summed E-state index contributed by atoms with van der Waals surface area (Å²) in [6.45, 7) is 6.62. The molecule has 0 aliphatic heterocycles. The minimum Gasteiger partial charge on any atom is -0.382 e. The second-order valence-corrected chi connectivity index (χ2v) is 6.01. The van der Waals surface area contributed by atoms with Crippen LogP contribution in [0.2, 0.25) is 0 Å². The summed E-state index contributed by atoms with van der Waals surface area (Å²) in [5, 5.41) is 4.31. The minimum atomic E-state index is 0.538. The van der Waals surface area contributed by atoms with Crippen molar-refractivity contribution in [3.05, 3.63) is 24.5 Å². The maximum absolute atomic E-state index is 5.96. The van der Waals surface area contributed by atoms with Gasteiger partial charge in [-0.05, 0) is 29.9 Å². The van der Waals surface area contributed by atoms with Crippen LogP contribution in [0.4, 0.5) is 10.8 Å². The molecule has 21 heavy (non-hydrogen) atoms. The van der Waals surface area contributed by atoms with Crippen molar-refractivity contribution >= 4 is 22.4 Å². The number of nitrogens with one attached hydrogen (secondary N) is 1. The highest BCUT2D eigenvalue weighted by molar-refractivity contribution is 7.11. The Morgan fingerprint density at radius 2 is 2.24 bits per heavy atom. The number of hydrogen-bond donors (Lipinski definition) is 2. The number of hydrogen-bond acceptors (Lipinski definition) is 6. The first-order valence-corrected chi connectivity index (χ1v) is 7.93. The highest BCUT2D eigenvalue weighted by atomic mass is 32.1. The van der Waals surface area contributed by atoms with E-state index in [4.69, 9.17) is 10.5 Å². The average molecular weight is 306 g/mol. The molecule has 2 aromatic heterocycles. The fourth-order valence-electron chi connectivity index (χ4n) is 1.87. The summed E-state index contributed by atoms with van der Waals surface area (Å²) in [4.78, 5) is 4.13. The molecule has 5 nitrogen and oxygen atoms in total. The highest BCUT2D eigenvalue weighted by Gasteiger charge is 2.13. The van der Waals surface area contributed by atoms with Crippen LogP contribution in [0.3, 0.4) is 0 Å². The molecule has 2 rings (SSSR count). The molecule has 0 amide bonds. The van der Waals surface area contributed by atoms with E-state index in [9.17, 15) is 0 Å². The first-order valence-electron chi connectivity index (χ1n) is 7.15. The predicted molar refractivity (Wildman–Crippen MR) is 88.5 cm³/mol. The van der Waals surface area contributed by atoms with Gasteiger partial charge >= 0.3 is 0 Å². The third kappa shape index (κ3) is 4.68. The van der Waals surface area contributed by atoms with Gasteiger partial charge in [0, 0.05) is 31.1 Å². The molecule has 0 bridgehead atoms. The highest BCUT2D eigenvalue weighted by Crippen LogP contribution is 2.35. The Kier molecular flexibility index (Phi) is 5.95. The lowest BCUT2D eigenvalue weighted by Crippen LogP contribution is -2.10. The number of rotatable bonds is 8. The Bertz CT molecular complexity index is 542. The van der Waals surface area contributed by atoms with E-state index in [1.54, 1.807) is 12.4 Å². The maximum Gasteiger partial charge on any atom is 0.147 e. The van der Waals surface area contributed by atoms with Crippen molar-refractivity contribution in [2.45, 2.75) is 20.3 Å². The van der Waals surface area contributed by atoms with Gasteiger partial charge in [-0.15, -0.1) is 0 Å². The van der Waals surface area contributed by atoms with Gasteiger partial charge in [0.2, 0.25) is 0 Å². The van der Waals surface area contributed by atoms with E-state index in [1.165, 1.54) is 11.5 Å². The lowest BCUT2D eigenvalue weighted by atomic mass is 10.1.